The second kappa shape index (κ2) is 11.2. The lowest BCUT2D eigenvalue weighted by molar-refractivity contribution is -0.0524. The average Bonchev–Trinajstić information content (AvgIpc) is 3.27. The molecule has 0 aromatic heterocycles. The number of benzene rings is 1. The van der Waals surface area contributed by atoms with E-state index in [-0.39, 0.29) is 28.7 Å². The van der Waals surface area contributed by atoms with Gasteiger partial charge in [0, 0.05) is 23.1 Å². The highest BCUT2D eigenvalue weighted by Crippen LogP contribution is 2.34. The summed E-state index contributed by atoms with van der Waals surface area (Å²) in [6.45, 7) is 6.52. The van der Waals surface area contributed by atoms with E-state index in [1.165, 1.54) is 12.2 Å². The van der Waals surface area contributed by atoms with Crippen molar-refractivity contribution in [1.82, 2.24) is 9.62 Å². The quantitative estimate of drug-likeness (QED) is 0.464. The fourth-order valence-electron chi connectivity index (χ4n) is 4.61. The van der Waals surface area contributed by atoms with Crippen molar-refractivity contribution in [2.24, 2.45) is 5.92 Å². The molecule has 1 aliphatic carbocycles. The van der Waals surface area contributed by atoms with Crippen molar-refractivity contribution in [1.29, 1.82) is 0 Å². The van der Waals surface area contributed by atoms with E-state index in [0.717, 1.165) is 42.3 Å². The summed E-state index contributed by atoms with van der Waals surface area (Å²) < 4.78 is 42.4. The molecular weight excluding hydrogens is 495 g/mol. The third-order valence-electron chi connectivity index (χ3n) is 6.43. The van der Waals surface area contributed by atoms with Crippen molar-refractivity contribution in [3.05, 3.63) is 64.9 Å². The zero-order chi connectivity index (χ0) is 23.3. The smallest absolute Gasteiger partial charge is 0.240 e. The molecule has 1 aromatic rings. The fourth-order valence-corrected chi connectivity index (χ4v) is 6.17. The van der Waals surface area contributed by atoms with Gasteiger partial charge in [0.25, 0.3) is 0 Å². The number of hydrogen-bond donors (Lipinski definition) is 2. The Morgan fingerprint density at radius 2 is 1.88 bits per heavy atom. The molecule has 1 saturated heterocycles. The summed E-state index contributed by atoms with van der Waals surface area (Å²) in [5, 5.41) is 11.1. The minimum absolute atomic E-state index is 0.000429. The van der Waals surface area contributed by atoms with Crippen LogP contribution in [-0.4, -0.2) is 43.3 Å². The Kier molecular flexibility index (Phi) is 8.86. The maximum absolute atomic E-state index is 13.4. The maximum atomic E-state index is 13.4. The van der Waals surface area contributed by atoms with Crippen molar-refractivity contribution in [3.63, 3.8) is 0 Å². The largest absolute Gasteiger partial charge is 0.378 e. The first kappa shape index (κ1) is 25.3. The van der Waals surface area contributed by atoms with Crippen molar-refractivity contribution in [2.45, 2.75) is 68.7 Å². The molecular formula is C24H32BrFN2O3S. The highest BCUT2D eigenvalue weighted by molar-refractivity contribution is 9.10. The molecule has 1 heterocycles. The molecule has 0 amide bonds. The summed E-state index contributed by atoms with van der Waals surface area (Å²) in [7, 11) is -3.56. The molecule has 32 heavy (non-hydrogen) atoms. The molecule has 5 nitrogen and oxygen atoms in total. The van der Waals surface area contributed by atoms with Crippen LogP contribution < -0.4 is 4.72 Å². The Morgan fingerprint density at radius 3 is 2.50 bits per heavy atom. The van der Waals surface area contributed by atoms with Gasteiger partial charge in [-0.1, -0.05) is 34.7 Å². The number of nitrogens with one attached hydrogen (secondary N) is 1. The number of hydrogen-bond acceptors (Lipinski definition) is 4. The summed E-state index contributed by atoms with van der Waals surface area (Å²) in [5.41, 5.74) is 0.800. The highest BCUT2D eigenvalue weighted by atomic mass is 79.9. The van der Waals surface area contributed by atoms with E-state index in [2.05, 4.69) is 32.1 Å². The second-order valence-corrected chi connectivity index (χ2v) is 11.2. The Morgan fingerprint density at radius 1 is 1.22 bits per heavy atom. The second-order valence-electron chi connectivity index (χ2n) is 8.58. The van der Waals surface area contributed by atoms with Gasteiger partial charge in [0.2, 0.25) is 10.0 Å². The molecule has 2 aliphatic rings. The van der Waals surface area contributed by atoms with E-state index in [0.29, 0.717) is 12.8 Å². The molecule has 1 aliphatic heterocycles. The monoisotopic (exact) mass is 526 g/mol. The van der Waals surface area contributed by atoms with Gasteiger partial charge in [-0.05, 0) is 87.3 Å². The lowest BCUT2D eigenvalue weighted by Crippen LogP contribution is -2.46. The Hall–Kier alpha value is -1.32. The first-order valence-corrected chi connectivity index (χ1v) is 13.4. The van der Waals surface area contributed by atoms with Crippen LogP contribution in [0.25, 0.3) is 0 Å². The minimum atomic E-state index is -3.56. The molecule has 2 N–H and O–H groups in total. The SMILES string of the molecule is C=C(/C=C\C(F)=C/C)[C@H]1CCCN1C(O)C1CCC(NS(=O)(=O)c2ccc(Br)cc2)CC1. The van der Waals surface area contributed by atoms with Gasteiger partial charge < -0.3 is 5.11 Å². The van der Waals surface area contributed by atoms with E-state index in [4.69, 9.17) is 0 Å². The molecule has 0 bridgehead atoms. The third kappa shape index (κ3) is 6.38. The normalized spacial score (nSPS) is 26.5. The maximum Gasteiger partial charge on any atom is 0.240 e. The van der Waals surface area contributed by atoms with Crippen LogP contribution in [0.2, 0.25) is 0 Å². The van der Waals surface area contributed by atoms with E-state index in [1.54, 1.807) is 37.3 Å². The number of sulfonamides is 1. The number of rotatable bonds is 8. The first-order valence-electron chi connectivity index (χ1n) is 11.1. The topological polar surface area (TPSA) is 69.6 Å². The van der Waals surface area contributed by atoms with Crippen LogP contribution in [0.1, 0.15) is 45.4 Å². The van der Waals surface area contributed by atoms with Crippen LogP contribution in [-0.2, 0) is 10.0 Å². The van der Waals surface area contributed by atoms with Crippen LogP contribution >= 0.6 is 15.9 Å². The van der Waals surface area contributed by atoms with Crippen LogP contribution in [0.15, 0.2) is 69.8 Å². The summed E-state index contributed by atoms with van der Waals surface area (Å²) in [6, 6.07) is 6.45. The molecule has 176 valence electrons. The summed E-state index contributed by atoms with van der Waals surface area (Å²) >= 11 is 3.32. The molecule has 1 saturated carbocycles. The van der Waals surface area contributed by atoms with Gasteiger partial charge in [-0.3, -0.25) is 4.90 Å². The average molecular weight is 528 g/mol. The van der Waals surface area contributed by atoms with Gasteiger partial charge in [-0.15, -0.1) is 0 Å². The molecule has 0 spiro atoms. The van der Waals surface area contributed by atoms with Gasteiger partial charge in [0.05, 0.1) is 4.90 Å². The number of aliphatic hydroxyl groups excluding tert-OH is 1. The van der Waals surface area contributed by atoms with Crippen molar-refractivity contribution < 1.29 is 17.9 Å². The minimum Gasteiger partial charge on any atom is -0.378 e. The molecule has 1 unspecified atom stereocenters. The van der Waals surface area contributed by atoms with Crippen molar-refractivity contribution in [3.8, 4) is 0 Å². The van der Waals surface area contributed by atoms with Gasteiger partial charge >= 0.3 is 0 Å². The molecule has 0 radical (unpaired) electrons. The van der Waals surface area contributed by atoms with Gasteiger partial charge in [-0.2, -0.15) is 0 Å². The molecule has 3 rings (SSSR count). The van der Waals surface area contributed by atoms with E-state index >= 15 is 0 Å². The van der Waals surface area contributed by atoms with E-state index in [9.17, 15) is 17.9 Å². The molecule has 2 atom stereocenters. The molecule has 2 fully saturated rings. The molecule has 8 heteroatoms. The first-order chi connectivity index (χ1) is 15.2. The Bertz CT molecular complexity index is 954. The van der Waals surface area contributed by atoms with Crippen LogP contribution in [0.4, 0.5) is 4.39 Å². The van der Waals surface area contributed by atoms with Gasteiger partial charge in [0.15, 0.2) is 0 Å². The van der Waals surface area contributed by atoms with Crippen molar-refractivity contribution in [2.75, 3.05) is 6.54 Å². The predicted octanol–water partition coefficient (Wildman–Crippen LogP) is 5.05. The number of likely N-dealkylation sites (tertiary alicyclic amines) is 1. The fraction of sp³-hybridized carbons (Fsp3) is 0.500. The lowest BCUT2D eigenvalue weighted by atomic mass is 9.84. The highest BCUT2D eigenvalue weighted by Gasteiger charge is 2.37. The molecule has 1 aromatic carbocycles. The van der Waals surface area contributed by atoms with Crippen LogP contribution in [0.5, 0.6) is 0 Å². The van der Waals surface area contributed by atoms with Crippen LogP contribution in [0, 0.1) is 5.92 Å². The number of allylic oxidation sites excluding steroid dienone is 3. The number of aliphatic hydroxyl groups is 1. The number of halogens is 2. The third-order valence-corrected chi connectivity index (χ3v) is 8.50. The Balaban J connectivity index is 1.55. The summed E-state index contributed by atoms with van der Waals surface area (Å²) in [6.07, 6.45) is 8.60. The van der Waals surface area contributed by atoms with E-state index < -0.39 is 16.3 Å². The van der Waals surface area contributed by atoms with Crippen molar-refractivity contribution >= 4 is 26.0 Å². The van der Waals surface area contributed by atoms with E-state index in [1.807, 2.05) is 0 Å². The summed E-state index contributed by atoms with van der Waals surface area (Å²) in [5.74, 6) is -0.228. The Labute approximate surface area is 199 Å². The summed E-state index contributed by atoms with van der Waals surface area (Å²) in [4.78, 5) is 2.32. The number of nitrogens with zero attached hydrogens (tertiary/aromatic N) is 1. The predicted molar refractivity (Wildman–Crippen MR) is 129 cm³/mol. The van der Waals surface area contributed by atoms with Crippen LogP contribution in [0.3, 0.4) is 0 Å². The zero-order valence-electron chi connectivity index (χ0n) is 18.4. The van der Waals surface area contributed by atoms with Gasteiger partial charge in [-0.25, -0.2) is 17.5 Å². The standard InChI is InChI=1S/C24H32BrFN2O3S/c1-3-20(26)11-6-17(2)23-5-4-16-28(23)24(29)18-7-12-21(13-8-18)27-32(30,31)22-14-9-19(25)10-15-22/h3,6,9-11,14-15,18,21,23-24,27,29H,2,4-5,7-8,12-13,16H2,1H3/b11-6-,20-3+/t18?,21?,23-,24?/m1/s1. The lowest BCUT2D eigenvalue weighted by Gasteiger charge is -2.38. The van der Waals surface area contributed by atoms with Gasteiger partial charge in [0.1, 0.15) is 12.1 Å². The zero-order valence-corrected chi connectivity index (χ0v) is 20.8.